The van der Waals surface area contributed by atoms with Gasteiger partial charge in [-0.3, -0.25) is 4.74 Å². The van der Waals surface area contributed by atoms with Crippen molar-refractivity contribution in [3.8, 4) is 0 Å². The van der Waals surface area contributed by atoms with Crippen LogP contribution in [-0.2, 0) is 14.3 Å². The van der Waals surface area contributed by atoms with Crippen LogP contribution >= 0.6 is 0 Å². The van der Waals surface area contributed by atoms with Crippen molar-refractivity contribution in [1.29, 1.82) is 0 Å². The predicted molar refractivity (Wildman–Crippen MR) is 40.5 cm³/mol. The van der Waals surface area contributed by atoms with Gasteiger partial charge in [-0.2, -0.15) is 8.78 Å². The topological polar surface area (TPSA) is 35.5 Å². The van der Waals surface area contributed by atoms with Gasteiger partial charge < -0.3 is 4.74 Å². The smallest absolute Gasteiger partial charge is 0.401 e. The summed E-state index contributed by atoms with van der Waals surface area (Å²) in [4.78, 5) is 10.6. The van der Waals surface area contributed by atoms with Crippen LogP contribution in [0.1, 0.15) is 6.92 Å². The molecule has 0 amide bonds. The van der Waals surface area contributed by atoms with Crippen molar-refractivity contribution in [3.05, 3.63) is 12.7 Å². The number of esters is 1. The highest BCUT2D eigenvalue weighted by molar-refractivity contribution is 5.81. The number of carbonyl (C=O) groups excluding carboxylic acids is 1. The number of hydrogen-bond donors (Lipinski definition) is 0. The second kappa shape index (κ2) is 3.48. The van der Waals surface area contributed by atoms with Gasteiger partial charge in [-0.15, -0.1) is 0 Å². The normalized spacial score (nSPS) is 35.1. The van der Waals surface area contributed by atoms with Crippen LogP contribution in [0.5, 0.6) is 0 Å². The second-order valence-electron chi connectivity index (χ2n) is 3.00. The molecule has 0 aromatic rings. The van der Waals surface area contributed by atoms with Gasteiger partial charge in [0.1, 0.15) is 6.10 Å². The van der Waals surface area contributed by atoms with Crippen molar-refractivity contribution in [2.45, 2.75) is 31.2 Å². The summed E-state index contributed by atoms with van der Waals surface area (Å²) < 4.78 is 58.6. The lowest BCUT2D eigenvalue weighted by Gasteiger charge is -2.46. The van der Waals surface area contributed by atoms with Gasteiger partial charge in [0, 0.05) is 6.08 Å². The fourth-order valence-corrected chi connectivity index (χ4v) is 1.11. The molecule has 3 atom stereocenters. The third-order valence-electron chi connectivity index (χ3n) is 2.08. The van der Waals surface area contributed by atoms with Crippen molar-refractivity contribution in [2.75, 3.05) is 0 Å². The Morgan fingerprint density at radius 3 is 2.47 bits per heavy atom. The largest absolute Gasteiger partial charge is 0.456 e. The quantitative estimate of drug-likeness (QED) is 0.419. The van der Waals surface area contributed by atoms with Gasteiger partial charge >= 0.3 is 12.1 Å². The number of halogens is 4. The molecule has 1 aliphatic rings. The highest BCUT2D eigenvalue weighted by Gasteiger charge is 2.77. The molecule has 3 nitrogen and oxygen atoms in total. The first-order valence-electron chi connectivity index (χ1n) is 3.97. The van der Waals surface area contributed by atoms with Crippen molar-refractivity contribution in [1.82, 2.24) is 0 Å². The highest BCUT2D eigenvalue weighted by atomic mass is 19.3. The van der Waals surface area contributed by atoms with E-state index >= 15 is 0 Å². The minimum Gasteiger partial charge on any atom is -0.456 e. The monoisotopic (exact) mass is 228 g/mol. The van der Waals surface area contributed by atoms with Gasteiger partial charge in [0.15, 0.2) is 0 Å². The first kappa shape index (κ1) is 12.0. The number of carbonyl (C=O) groups is 1. The lowest BCUT2D eigenvalue weighted by molar-refractivity contribution is -0.479. The summed E-state index contributed by atoms with van der Waals surface area (Å²) in [5.74, 6) is -1.12. The van der Waals surface area contributed by atoms with Gasteiger partial charge in [0.2, 0.25) is 0 Å². The van der Waals surface area contributed by atoms with Crippen molar-refractivity contribution in [3.63, 3.8) is 0 Å². The summed E-state index contributed by atoms with van der Waals surface area (Å²) in [5, 5.41) is 0. The minimum atomic E-state index is -4.30. The number of ether oxygens (including phenoxy) is 2. The van der Waals surface area contributed by atoms with Crippen LogP contribution in [0.25, 0.3) is 0 Å². The Bertz CT molecular complexity index is 294. The van der Waals surface area contributed by atoms with Crippen LogP contribution in [0.3, 0.4) is 0 Å². The Labute approximate surface area is 82.6 Å². The number of rotatable bonds is 3. The third-order valence-corrected chi connectivity index (χ3v) is 2.08. The molecular weight excluding hydrogens is 220 g/mol. The Balaban J connectivity index is 2.77. The molecule has 0 N–H and O–H groups in total. The first-order valence-corrected chi connectivity index (χ1v) is 3.97. The molecule has 1 fully saturated rings. The number of hydrogen-bond acceptors (Lipinski definition) is 3. The van der Waals surface area contributed by atoms with E-state index in [1.165, 1.54) is 0 Å². The van der Waals surface area contributed by atoms with Crippen LogP contribution in [0.15, 0.2) is 12.7 Å². The Morgan fingerprint density at radius 1 is 1.60 bits per heavy atom. The zero-order valence-electron chi connectivity index (χ0n) is 7.68. The van der Waals surface area contributed by atoms with Gasteiger partial charge in [-0.25, -0.2) is 13.6 Å². The van der Waals surface area contributed by atoms with E-state index < -0.39 is 30.2 Å². The molecule has 86 valence electrons. The van der Waals surface area contributed by atoms with Crippen molar-refractivity contribution in [2.24, 2.45) is 0 Å². The maximum absolute atomic E-state index is 13.4. The summed E-state index contributed by atoms with van der Waals surface area (Å²) in [7, 11) is 0. The van der Waals surface area contributed by atoms with E-state index in [4.69, 9.17) is 0 Å². The minimum absolute atomic E-state index is 0.658. The van der Waals surface area contributed by atoms with E-state index in [0.29, 0.717) is 6.08 Å². The zero-order valence-corrected chi connectivity index (χ0v) is 7.68. The average Bonchev–Trinajstić information content (AvgIpc) is 2.15. The molecule has 1 aliphatic heterocycles. The van der Waals surface area contributed by atoms with Crippen molar-refractivity contribution >= 4 is 5.97 Å². The average molecular weight is 228 g/mol. The summed E-state index contributed by atoms with van der Waals surface area (Å²) in [6.45, 7) is 3.80. The molecule has 0 spiro atoms. The maximum atomic E-state index is 13.4. The van der Waals surface area contributed by atoms with E-state index in [1.54, 1.807) is 0 Å². The molecule has 3 unspecified atom stereocenters. The summed E-state index contributed by atoms with van der Waals surface area (Å²) in [6, 6.07) is 0. The third kappa shape index (κ3) is 1.60. The molecule has 0 bridgehead atoms. The standard InChI is InChI=1S/C8H8F4O3/c1-3-5(13)14-4(2)7(10)6(9)15-8(7,11)12/h3-4,6H,1H2,2H3. The predicted octanol–water partition coefficient (Wildman–Crippen LogP) is 1.73. The van der Waals surface area contributed by atoms with Gasteiger partial charge in [0.25, 0.3) is 12.0 Å². The fraction of sp³-hybridized carbons (Fsp3) is 0.625. The molecule has 0 aliphatic carbocycles. The summed E-state index contributed by atoms with van der Waals surface area (Å²) in [5.41, 5.74) is -3.65. The first-order chi connectivity index (χ1) is 6.75. The molecule has 0 aromatic heterocycles. The second-order valence-corrected chi connectivity index (χ2v) is 3.00. The molecule has 0 aromatic carbocycles. The SMILES string of the molecule is C=CC(=O)OC(C)C1(F)C(F)OC1(F)F. The lowest BCUT2D eigenvalue weighted by atomic mass is 9.93. The Morgan fingerprint density at radius 2 is 2.13 bits per heavy atom. The van der Waals surface area contributed by atoms with Crippen LogP contribution in [0.2, 0.25) is 0 Å². The highest BCUT2D eigenvalue weighted by Crippen LogP contribution is 2.51. The fourth-order valence-electron chi connectivity index (χ4n) is 1.11. The van der Waals surface area contributed by atoms with E-state index in [1.807, 2.05) is 0 Å². The molecule has 7 heteroatoms. The lowest BCUT2D eigenvalue weighted by Crippen LogP contribution is -2.71. The van der Waals surface area contributed by atoms with E-state index in [-0.39, 0.29) is 0 Å². The molecule has 0 saturated carbocycles. The number of alkyl halides is 4. The molecule has 1 heterocycles. The van der Waals surface area contributed by atoms with Gasteiger partial charge in [-0.1, -0.05) is 6.58 Å². The van der Waals surface area contributed by atoms with Crippen LogP contribution in [0, 0.1) is 0 Å². The van der Waals surface area contributed by atoms with Gasteiger partial charge in [-0.05, 0) is 6.92 Å². The van der Waals surface area contributed by atoms with E-state index in [0.717, 1.165) is 6.92 Å². The van der Waals surface area contributed by atoms with Crippen LogP contribution in [-0.4, -0.2) is 30.2 Å². The molecular formula is C8H8F4O3. The van der Waals surface area contributed by atoms with E-state index in [9.17, 15) is 22.4 Å². The zero-order chi connectivity index (χ0) is 11.9. The Kier molecular flexibility index (Phi) is 2.77. The van der Waals surface area contributed by atoms with Crippen molar-refractivity contribution < 1.29 is 31.8 Å². The maximum Gasteiger partial charge on any atom is 0.401 e. The Hall–Kier alpha value is -1.11. The molecule has 1 saturated heterocycles. The van der Waals surface area contributed by atoms with Crippen LogP contribution < -0.4 is 0 Å². The molecule has 0 radical (unpaired) electrons. The molecule has 1 rings (SSSR count). The molecule has 15 heavy (non-hydrogen) atoms. The summed E-state index contributed by atoms with van der Waals surface area (Å²) >= 11 is 0. The van der Waals surface area contributed by atoms with E-state index in [2.05, 4.69) is 16.1 Å². The van der Waals surface area contributed by atoms with Crippen LogP contribution in [0.4, 0.5) is 17.6 Å². The summed E-state index contributed by atoms with van der Waals surface area (Å²) in [6.07, 6.45) is -8.43. The van der Waals surface area contributed by atoms with Gasteiger partial charge in [0.05, 0.1) is 0 Å².